The Morgan fingerprint density at radius 3 is 2.92 bits per heavy atom. The Kier molecular flexibility index (Phi) is 3.86. The maximum atomic E-state index is 13.4. The van der Waals surface area contributed by atoms with Crippen LogP contribution in [0.25, 0.3) is 10.2 Å². The average Bonchev–Trinajstić information content (AvgIpc) is 3.42. The molecule has 2 fully saturated rings. The van der Waals surface area contributed by atoms with E-state index < -0.39 is 0 Å². The molecule has 1 saturated carbocycles. The van der Waals surface area contributed by atoms with Gasteiger partial charge < -0.3 is 4.74 Å². The summed E-state index contributed by atoms with van der Waals surface area (Å²) in [6, 6.07) is 8.12. The lowest BCUT2D eigenvalue weighted by atomic mass is 9.92. The molecular formula is C20H22N2O2S. The SMILES string of the molecule is O=C([C@H]1C[C@H]2C=C[C@H]1C2)N(C[C@@H]1CCCO1)c1nc2ccccc2s1. The fourth-order valence-electron chi connectivity index (χ4n) is 4.49. The molecule has 1 aromatic heterocycles. The first kappa shape index (κ1) is 15.5. The Morgan fingerprint density at radius 1 is 1.28 bits per heavy atom. The average molecular weight is 354 g/mol. The van der Waals surface area contributed by atoms with E-state index in [1.165, 1.54) is 0 Å². The summed E-state index contributed by atoms with van der Waals surface area (Å²) in [5.74, 6) is 1.37. The normalized spacial score (nSPS) is 30.4. The largest absolute Gasteiger partial charge is 0.376 e. The number of rotatable bonds is 4. The quantitative estimate of drug-likeness (QED) is 0.779. The van der Waals surface area contributed by atoms with Gasteiger partial charge in [0, 0.05) is 12.5 Å². The van der Waals surface area contributed by atoms with Crippen molar-refractivity contribution < 1.29 is 9.53 Å². The number of amides is 1. The highest BCUT2D eigenvalue weighted by Gasteiger charge is 2.42. The maximum absolute atomic E-state index is 13.4. The molecule has 130 valence electrons. The van der Waals surface area contributed by atoms with Gasteiger partial charge in [-0.25, -0.2) is 4.98 Å². The summed E-state index contributed by atoms with van der Waals surface area (Å²) in [5, 5.41) is 0.827. The van der Waals surface area contributed by atoms with Crippen LogP contribution in [0.2, 0.25) is 0 Å². The Morgan fingerprint density at radius 2 is 2.20 bits per heavy atom. The zero-order valence-corrected chi connectivity index (χ0v) is 15.0. The van der Waals surface area contributed by atoms with Crippen LogP contribution in [-0.4, -0.2) is 30.1 Å². The van der Waals surface area contributed by atoms with Gasteiger partial charge in [-0.2, -0.15) is 0 Å². The second-order valence-electron chi connectivity index (χ2n) is 7.43. The van der Waals surface area contributed by atoms with E-state index in [2.05, 4.69) is 18.2 Å². The van der Waals surface area contributed by atoms with Crippen LogP contribution in [0.3, 0.4) is 0 Å². The van der Waals surface area contributed by atoms with Crippen LogP contribution in [0.15, 0.2) is 36.4 Å². The number of hydrogen-bond donors (Lipinski definition) is 0. The zero-order chi connectivity index (χ0) is 16.8. The number of ether oxygens (including phenoxy) is 1. The van der Waals surface area contributed by atoms with E-state index in [1.54, 1.807) is 11.3 Å². The minimum absolute atomic E-state index is 0.114. The van der Waals surface area contributed by atoms with Gasteiger partial charge in [-0.15, -0.1) is 0 Å². The molecule has 1 aliphatic heterocycles. The van der Waals surface area contributed by atoms with Crippen molar-refractivity contribution in [3.05, 3.63) is 36.4 Å². The predicted octanol–water partition coefficient (Wildman–Crippen LogP) is 4.02. The van der Waals surface area contributed by atoms with Crippen molar-refractivity contribution >= 4 is 32.6 Å². The van der Waals surface area contributed by atoms with Crippen molar-refractivity contribution in [1.29, 1.82) is 0 Å². The number of allylic oxidation sites excluding steroid dienone is 2. The fourth-order valence-corrected chi connectivity index (χ4v) is 5.47. The van der Waals surface area contributed by atoms with Crippen molar-refractivity contribution in [2.75, 3.05) is 18.1 Å². The van der Waals surface area contributed by atoms with Gasteiger partial charge in [0.2, 0.25) is 5.91 Å². The number of carbonyl (C=O) groups is 1. The summed E-state index contributed by atoms with van der Waals surface area (Å²) in [6.45, 7) is 1.44. The van der Waals surface area contributed by atoms with Crippen LogP contribution >= 0.6 is 11.3 Å². The maximum Gasteiger partial charge on any atom is 0.232 e. The molecule has 4 atom stereocenters. The minimum Gasteiger partial charge on any atom is -0.376 e. The molecule has 5 rings (SSSR count). The second kappa shape index (κ2) is 6.22. The van der Waals surface area contributed by atoms with Gasteiger partial charge in [-0.1, -0.05) is 35.6 Å². The number of anilines is 1. The van der Waals surface area contributed by atoms with E-state index in [-0.39, 0.29) is 17.9 Å². The number of fused-ring (bicyclic) bond motifs is 3. The van der Waals surface area contributed by atoms with E-state index in [1.807, 2.05) is 23.1 Å². The molecule has 3 aliphatic rings. The van der Waals surface area contributed by atoms with E-state index >= 15 is 0 Å². The third-order valence-corrected chi connectivity index (χ3v) is 6.85. The summed E-state index contributed by atoms with van der Waals surface area (Å²) in [5.41, 5.74) is 0.973. The van der Waals surface area contributed by atoms with E-state index in [4.69, 9.17) is 9.72 Å². The fraction of sp³-hybridized carbons (Fsp3) is 0.500. The van der Waals surface area contributed by atoms with Gasteiger partial charge in [-0.3, -0.25) is 9.69 Å². The van der Waals surface area contributed by atoms with Gasteiger partial charge in [-0.05, 0) is 49.7 Å². The molecule has 0 spiro atoms. The minimum atomic E-state index is 0.114. The highest BCUT2D eigenvalue weighted by molar-refractivity contribution is 7.22. The number of hydrogen-bond acceptors (Lipinski definition) is 4. The third kappa shape index (κ3) is 2.79. The molecule has 1 aromatic carbocycles. The predicted molar refractivity (Wildman–Crippen MR) is 99.8 cm³/mol. The molecule has 4 nitrogen and oxygen atoms in total. The van der Waals surface area contributed by atoms with Crippen LogP contribution < -0.4 is 4.90 Å². The smallest absolute Gasteiger partial charge is 0.232 e. The first-order valence-electron chi connectivity index (χ1n) is 9.25. The monoisotopic (exact) mass is 354 g/mol. The Hall–Kier alpha value is -1.72. The van der Waals surface area contributed by atoms with Gasteiger partial charge in [0.15, 0.2) is 5.13 Å². The first-order chi connectivity index (χ1) is 12.3. The Balaban J connectivity index is 1.47. The standard InChI is InChI=1S/C20H22N2O2S/c23-19(16-11-13-7-8-14(16)10-13)22(12-15-4-3-9-24-15)20-21-17-5-1-2-6-18(17)25-20/h1-2,5-8,13-16H,3-4,9-12H2/t13-,14-,15-,16-/m0/s1. The van der Waals surface area contributed by atoms with Gasteiger partial charge in [0.25, 0.3) is 0 Å². The number of carbonyl (C=O) groups excluding carboxylic acids is 1. The van der Waals surface area contributed by atoms with Crippen LogP contribution in [0.1, 0.15) is 25.7 Å². The lowest BCUT2D eigenvalue weighted by molar-refractivity contribution is -0.123. The molecule has 0 N–H and O–H groups in total. The first-order valence-corrected chi connectivity index (χ1v) is 10.1. The van der Waals surface area contributed by atoms with E-state index in [0.29, 0.717) is 18.4 Å². The van der Waals surface area contributed by atoms with Crippen molar-refractivity contribution in [2.45, 2.75) is 31.8 Å². The molecule has 0 radical (unpaired) electrons. The number of nitrogens with zero attached hydrogens (tertiary/aromatic N) is 2. The number of para-hydroxylation sites is 1. The van der Waals surface area contributed by atoms with Crippen molar-refractivity contribution in [1.82, 2.24) is 4.98 Å². The molecule has 0 unspecified atom stereocenters. The van der Waals surface area contributed by atoms with E-state index in [0.717, 1.165) is 47.6 Å². The molecule has 2 aromatic rings. The van der Waals surface area contributed by atoms with Gasteiger partial charge >= 0.3 is 0 Å². The summed E-state index contributed by atoms with van der Waals surface area (Å²) < 4.78 is 6.96. The lowest BCUT2D eigenvalue weighted by Crippen LogP contribution is -2.42. The van der Waals surface area contributed by atoms with Crippen LogP contribution in [-0.2, 0) is 9.53 Å². The van der Waals surface area contributed by atoms with Crippen LogP contribution in [0, 0.1) is 17.8 Å². The number of thiazole rings is 1. The van der Waals surface area contributed by atoms with Crippen LogP contribution in [0.4, 0.5) is 5.13 Å². The van der Waals surface area contributed by atoms with E-state index in [9.17, 15) is 4.79 Å². The van der Waals surface area contributed by atoms with Crippen LogP contribution in [0.5, 0.6) is 0 Å². The Labute approximate surface area is 151 Å². The molecular weight excluding hydrogens is 332 g/mol. The highest BCUT2D eigenvalue weighted by atomic mass is 32.1. The molecule has 25 heavy (non-hydrogen) atoms. The Bertz CT molecular complexity index is 791. The zero-order valence-electron chi connectivity index (χ0n) is 14.1. The van der Waals surface area contributed by atoms with Crippen molar-refractivity contribution in [2.24, 2.45) is 17.8 Å². The van der Waals surface area contributed by atoms with Crippen molar-refractivity contribution in [3.63, 3.8) is 0 Å². The summed E-state index contributed by atoms with van der Waals surface area (Å²) in [4.78, 5) is 20.1. The summed E-state index contributed by atoms with van der Waals surface area (Å²) in [7, 11) is 0. The topological polar surface area (TPSA) is 42.4 Å². The third-order valence-electron chi connectivity index (χ3n) is 5.79. The van der Waals surface area contributed by atoms with Crippen molar-refractivity contribution in [3.8, 4) is 0 Å². The number of benzene rings is 1. The van der Waals surface area contributed by atoms with Gasteiger partial charge in [0.05, 0.1) is 22.9 Å². The molecule has 2 aliphatic carbocycles. The molecule has 2 heterocycles. The van der Waals surface area contributed by atoms with Gasteiger partial charge in [0.1, 0.15) is 0 Å². The molecule has 1 amide bonds. The summed E-state index contributed by atoms with van der Waals surface area (Å²) in [6.07, 6.45) is 8.94. The lowest BCUT2D eigenvalue weighted by Gasteiger charge is -2.28. The molecule has 5 heteroatoms. The molecule has 2 bridgehead atoms. The summed E-state index contributed by atoms with van der Waals surface area (Å²) >= 11 is 1.62. The highest BCUT2D eigenvalue weighted by Crippen LogP contribution is 2.45. The number of aromatic nitrogens is 1. The molecule has 1 saturated heterocycles. The second-order valence-corrected chi connectivity index (χ2v) is 8.44.